The van der Waals surface area contributed by atoms with Gasteiger partial charge in [0.05, 0.1) is 25.3 Å². The van der Waals surface area contributed by atoms with Crippen molar-refractivity contribution < 1.29 is 19.1 Å². The first-order valence-electron chi connectivity index (χ1n) is 12.5. The molecule has 2 bridgehead atoms. The van der Waals surface area contributed by atoms with Crippen molar-refractivity contribution in [1.29, 1.82) is 0 Å². The fourth-order valence-electron chi connectivity index (χ4n) is 6.66. The van der Waals surface area contributed by atoms with E-state index in [0.29, 0.717) is 38.4 Å². The molecular weight excluding hydrogens is 414 g/mol. The number of morpholine rings is 1. The number of benzene rings is 2. The van der Waals surface area contributed by atoms with Gasteiger partial charge in [0.1, 0.15) is 12.4 Å². The molecule has 1 amide bonds. The first kappa shape index (κ1) is 20.9. The Hall–Kier alpha value is -2.66. The van der Waals surface area contributed by atoms with Crippen molar-refractivity contribution in [3.05, 3.63) is 59.7 Å². The smallest absolute Gasteiger partial charge is 0.410 e. The Balaban J connectivity index is 1.15. The topological polar surface area (TPSA) is 55.8 Å². The second-order valence-electron chi connectivity index (χ2n) is 10.1. The Morgan fingerprint density at radius 2 is 1.42 bits per heavy atom. The third-order valence-corrected chi connectivity index (χ3v) is 8.23. The first-order chi connectivity index (χ1) is 16.2. The van der Waals surface area contributed by atoms with Crippen LogP contribution in [0, 0.1) is 11.8 Å². The molecule has 5 heteroatoms. The van der Waals surface area contributed by atoms with Crippen LogP contribution in [0.25, 0.3) is 11.1 Å². The molecule has 2 aliphatic carbocycles. The summed E-state index contributed by atoms with van der Waals surface area (Å²) >= 11 is 0. The second-order valence-corrected chi connectivity index (χ2v) is 10.1. The highest BCUT2D eigenvalue weighted by atomic mass is 16.6. The fraction of sp³-hybridized carbons (Fsp3) is 0.500. The zero-order valence-corrected chi connectivity index (χ0v) is 18.9. The van der Waals surface area contributed by atoms with Crippen molar-refractivity contribution in [3.8, 4) is 11.1 Å². The predicted molar refractivity (Wildman–Crippen MR) is 125 cm³/mol. The number of hydrogen-bond acceptors (Lipinski definition) is 4. The van der Waals surface area contributed by atoms with Crippen LogP contribution in [-0.2, 0) is 14.3 Å². The summed E-state index contributed by atoms with van der Waals surface area (Å²) in [5, 5.41) is 0. The highest BCUT2D eigenvalue weighted by molar-refractivity contribution is 5.84. The quantitative estimate of drug-likeness (QED) is 0.651. The van der Waals surface area contributed by atoms with Crippen LogP contribution in [0.3, 0.4) is 0 Å². The maximum Gasteiger partial charge on any atom is 0.410 e. The highest BCUT2D eigenvalue weighted by Gasteiger charge is 2.46. The molecule has 2 saturated heterocycles. The molecule has 2 unspecified atom stereocenters. The molecule has 0 N–H and O–H groups in total. The Labute approximate surface area is 195 Å². The SMILES string of the molecule is O=C(C1CCCC1)C1CC2COCC(C1)N2C(=O)OCC1c2ccccc2-c2ccccc21. The molecule has 2 aromatic rings. The van der Waals surface area contributed by atoms with E-state index < -0.39 is 0 Å². The standard InChI is InChI=1S/C28H31NO4/c30-27(18-7-1-2-8-18)19-13-20-15-32-16-21(14-19)29(20)28(31)33-17-26-24-11-5-3-9-22(24)23-10-4-6-12-25(23)26/h3-6,9-12,18-21,26H,1-2,7-8,13-17H2. The van der Waals surface area contributed by atoms with Crippen LogP contribution in [0.2, 0.25) is 0 Å². The van der Waals surface area contributed by atoms with Crippen molar-refractivity contribution >= 4 is 11.9 Å². The van der Waals surface area contributed by atoms with Gasteiger partial charge >= 0.3 is 6.09 Å². The number of Topliss-reactive ketones (excluding diaryl/α,β-unsaturated/α-hetero) is 1. The van der Waals surface area contributed by atoms with E-state index in [0.717, 1.165) is 12.8 Å². The van der Waals surface area contributed by atoms with Gasteiger partial charge < -0.3 is 9.47 Å². The van der Waals surface area contributed by atoms with Gasteiger partial charge in [0.2, 0.25) is 0 Å². The molecule has 2 atom stereocenters. The van der Waals surface area contributed by atoms with Crippen LogP contribution in [0.1, 0.15) is 55.6 Å². The summed E-state index contributed by atoms with van der Waals surface area (Å²) in [5.41, 5.74) is 4.89. The number of fused-ring (bicyclic) bond motifs is 5. The van der Waals surface area contributed by atoms with Crippen LogP contribution < -0.4 is 0 Å². The highest BCUT2D eigenvalue weighted by Crippen LogP contribution is 2.45. The van der Waals surface area contributed by atoms with Crippen LogP contribution in [0.15, 0.2) is 48.5 Å². The van der Waals surface area contributed by atoms with Gasteiger partial charge in [0.25, 0.3) is 0 Å². The molecule has 1 saturated carbocycles. The minimum Gasteiger partial charge on any atom is -0.448 e. The number of piperidine rings is 1. The second kappa shape index (κ2) is 8.60. The molecule has 2 aliphatic heterocycles. The van der Waals surface area contributed by atoms with Gasteiger partial charge in [0, 0.05) is 17.8 Å². The minimum absolute atomic E-state index is 0.0546. The van der Waals surface area contributed by atoms with Gasteiger partial charge in [-0.1, -0.05) is 61.4 Å². The molecule has 0 radical (unpaired) electrons. The van der Waals surface area contributed by atoms with Crippen molar-refractivity contribution in [2.45, 2.75) is 56.5 Å². The molecule has 0 spiro atoms. The van der Waals surface area contributed by atoms with E-state index in [1.165, 1.54) is 35.1 Å². The lowest BCUT2D eigenvalue weighted by molar-refractivity contribution is -0.134. The number of amides is 1. The third kappa shape index (κ3) is 3.67. The Kier molecular flexibility index (Phi) is 5.45. The fourth-order valence-corrected chi connectivity index (χ4v) is 6.66. The number of ether oxygens (including phenoxy) is 2. The number of ketones is 1. The Bertz CT molecular complexity index is 1000. The molecule has 4 aliphatic rings. The molecule has 172 valence electrons. The van der Waals surface area contributed by atoms with Gasteiger partial charge in [-0.3, -0.25) is 9.69 Å². The molecular formula is C28H31NO4. The molecule has 3 fully saturated rings. The largest absolute Gasteiger partial charge is 0.448 e. The lowest BCUT2D eigenvalue weighted by Crippen LogP contribution is -2.60. The summed E-state index contributed by atoms with van der Waals surface area (Å²) in [4.78, 5) is 28.2. The Morgan fingerprint density at radius 3 is 2.03 bits per heavy atom. The molecule has 33 heavy (non-hydrogen) atoms. The average Bonchev–Trinajstić information content (AvgIpc) is 3.48. The molecule has 2 aromatic carbocycles. The van der Waals surface area contributed by atoms with Crippen LogP contribution in [0.5, 0.6) is 0 Å². The number of rotatable bonds is 4. The van der Waals surface area contributed by atoms with Gasteiger partial charge in [-0.05, 0) is 47.9 Å². The van der Waals surface area contributed by atoms with E-state index in [4.69, 9.17) is 9.47 Å². The van der Waals surface area contributed by atoms with E-state index in [1.807, 2.05) is 17.0 Å². The lowest BCUT2D eigenvalue weighted by Gasteiger charge is -2.47. The van der Waals surface area contributed by atoms with E-state index in [1.54, 1.807) is 0 Å². The van der Waals surface area contributed by atoms with Gasteiger partial charge in [-0.25, -0.2) is 4.79 Å². The van der Waals surface area contributed by atoms with Crippen molar-refractivity contribution in [1.82, 2.24) is 4.90 Å². The minimum atomic E-state index is -0.262. The van der Waals surface area contributed by atoms with Crippen molar-refractivity contribution in [2.24, 2.45) is 11.8 Å². The average molecular weight is 446 g/mol. The number of carbonyl (C=O) groups is 2. The van der Waals surface area contributed by atoms with Gasteiger partial charge in [-0.2, -0.15) is 0 Å². The monoisotopic (exact) mass is 445 g/mol. The number of carbonyl (C=O) groups excluding carboxylic acids is 2. The summed E-state index contributed by atoms with van der Waals surface area (Å²) in [5.74, 6) is 0.776. The zero-order chi connectivity index (χ0) is 22.4. The molecule has 2 heterocycles. The summed E-state index contributed by atoms with van der Waals surface area (Å²) in [6, 6.07) is 16.6. The summed E-state index contributed by atoms with van der Waals surface area (Å²) in [6.07, 6.45) is 5.57. The molecule has 0 aromatic heterocycles. The maximum absolute atomic E-state index is 13.3. The zero-order valence-electron chi connectivity index (χ0n) is 18.9. The van der Waals surface area contributed by atoms with Crippen LogP contribution >= 0.6 is 0 Å². The van der Waals surface area contributed by atoms with Gasteiger partial charge in [-0.15, -0.1) is 0 Å². The van der Waals surface area contributed by atoms with Gasteiger partial charge in [0.15, 0.2) is 0 Å². The molecule has 6 rings (SSSR count). The maximum atomic E-state index is 13.3. The number of nitrogens with zero attached hydrogens (tertiary/aromatic N) is 1. The predicted octanol–water partition coefficient (Wildman–Crippen LogP) is 5.17. The van der Waals surface area contributed by atoms with Crippen LogP contribution in [-0.4, -0.2) is 48.7 Å². The Morgan fingerprint density at radius 1 is 0.848 bits per heavy atom. The van der Waals surface area contributed by atoms with E-state index in [-0.39, 0.29) is 35.9 Å². The summed E-state index contributed by atoms with van der Waals surface area (Å²) < 4.78 is 11.7. The van der Waals surface area contributed by atoms with E-state index in [2.05, 4.69) is 36.4 Å². The first-order valence-corrected chi connectivity index (χ1v) is 12.5. The summed E-state index contributed by atoms with van der Waals surface area (Å²) in [6.45, 7) is 1.32. The van der Waals surface area contributed by atoms with Crippen molar-refractivity contribution in [3.63, 3.8) is 0 Å². The third-order valence-electron chi connectivity index (χ3n) is 8.23. The summed E-state index contributed by atoms with van der Waals surface area (Å²) in [7, 11) is 0. The van der Waals surface area contributed by atoms with Crippen LogP contribution in [0.4, 0.5) is 4.79 Å². The molecule has 5 nitrogen and oxygen atoms in total. The van der Waals surface area contributed by atoms with E-state index >= 15 is 0 Å². The lowest BCUT2D eigenvalue weighted by atomic mass is 9.78. The van der Waals surface area contributed by atoms with E-state index in [9.17, 15) is 9.59 Å². The van der Waals surface area contributed by atoms with Crippen molar-refractivity contribution in [2.75, 3.05) is 19.8 Å². The number of hydrogen-bond donors (Lipinski definition) is 0. The normalized spacial score (nSPS) is 26.7.